The Hall–Kier alpha value is -2.52. The number of nitrogens with one attached hydrogen (secondary N) is 2. The van der Waals surface area contributed by atoms with E-state index >= 15 is 0 Å². The van der Waals surface area contributed by atoms with Gasteiger partial charge in [-0.25, -0.2) is 18.4 Å². The van der Waals surface area contributed by atoms with Crippen LogP contribution in [0.25, 0.3) is 0 Å². The number of nitrogens with zero attached hydrogens (tertiary/aromatic N) is 3. The minimum atomic E-state index is -3.41. The molecule has 0 spiro atoms. The van der Waals surface area contributed by atoms with Gasteiger partial charge in [-0.3, -0.25) is 9.79 Å². The number of amidine groups is 1. The van der Waals surface area contributed by atoms with E-state index in [9.17, 15) is 13.2 Å². The molecule has 0 saturated heterocycles. The molecule has 4 rings (SSSR count). The van der Waals surface area contributed by atoms with Gasteiger partial charge in [-0.15, -0.1) is 0 Å². The molecule has 1 aliphatic heterocycles. The highest BCUT2D eigenvalue weighted by Crippen LogP contribution is 2.40. The predicted octanol–water partition coefficient (Wildman–Crippen LogP) is 3.19. The van der Waals surface area contributed by atoms with Crippen molar-refractivity contribution in [3.63, 3.8) is 0 Å². The van der Waals surface area contributed by atoms with Crippen LogP contribution in [0.1, 0.15) is 49.3 Å². The van der Waals surface area contributed by atoms with Crippen molar-refractivity contribution in [1.29, 1.82) is 0 Å². The highest BCUT2D eigenvalue weighted by molar-refractivity contribution is 7.90. The Labute approximate surface area is 192 Å². The number of anilines is 1. The molecule has 10 heteroatoms. The Kier molecular flexibility index (Phi) is 6.76. The second-order valence-corrected chi connectivity index (χ2v) is 10.7. The number of aliphatic imine (C=N–C) groups is 1. The minimum Gasteiger partial charge on any atom is -0.367 e. The topological polar surface area (TPSA) is 113 Å². The number of halogens is 1. The van der Waals surface area contributed by atoms with Gasteiger partial charge in [0.25, 0.3) is 0 Å². The van der Waals surface area contributed by atoms with Crippen LogP contribution in [-0.2, 0) is 14.6 Å². The number of hydrogen-bond acceptors (Lipinski definition) is 7. The molecule has 170 valence electrons. The number of amides is 1. The van der Waals surface area contributed by atoms with E-state index in [1.165, 1.54) is 12.3 Å². The summed E-state index contributed by atoms with van der Waals surface area (Å²) in [5.74, 6) is 1.23. The van der Waals surface area contributed by atoms with Gasteiger partial charge in [0, 0.05) is 19.2 Å². The molecule has 0 bridgehead atoms. The molecule has 2 aromatic rings. The Balaban J connectivity index is 1.49. The summed E-state index contributed by atoms with van der Waals surface area (Å²) in [6.45, 7) is 1.50. The molecule has 32 heavy (non-hydrogen) atoms. The Bertz CT molecular complexity index is 1130. The first-order valence-electron chi connectivity index (χ1n) is 10.7. The zero-order chi connectivity index (χ0) is 22.7. The van der Waals surface area contributed by atoms with Crippen LogP contribution in [0, 0.1) is 5.92 Å². The van der Waals surface area contributed by atoms with Gasteiger partial charge in [0.1, 0.15) is 11.5 Å². The van der Waals surface area contributed by atoms with Gasteiger partial charge in [-0.2, -0.15) is 0 Å². The van der Waals surface area contributed by atoms with E-state index < -0.39 is 9.84 Å². The van der Waals surface area contributed by atoms with Gasteiger partial charge >= 0.3 is 0 Å². The summed E-state index contributed by atoms with van der Waals surface area (Å²) in [4.78, 5) is 25.9. The molecule has 1 aromatic heterocycles. The third kappa shape index (κ3) is 5.27. The smallest absolute Gasteiger partial charge is 0.226 e. The van der Waals surface area contributed by atoms with E-state index in [4.69, 9.17) is 11.6 Å². The molecule has 2 aliphatic rings. The number of aromatic nitrogens is 2. The highest BCUT2D eigenvalue weighted by atomic mass is 35.5. The van der Waals surface area contributed by atoms with Crippen LogP contribution in [0.3, 0.4) is 0 Å². The Morgan fingerprint density at radius 1 is 1.25 bits per heavy atom. The van der Waals surface area contributed by atoms with Crippen LogP contribution in [0.5, 0.6) is 0 Å². The van der Waals surface area contributed by atoms with Gasteiger partial charge in [-0.05, 0) is 42.4 Å². The third-order valence-corrected chi connectivity index (χ3v) is 7.57. The van der Waals surface area contributed by atoms with Crippen molar-refractivity contribution in [3.05, 3.63) is 46.9 Å². The molecule has 1 aliphatic carbocycles. The lowest BCUT2D eigenvalue weighted by Gasteiger charge is -2.24. The first-order chi connectivity index (χ1) is 15.3. The molecule has 0 unspecified atom stereocenters. The zero-order valence-electron chi connectivity index (χ0n) is 17.8. The van der Waals surface area contributed by atoms with Gasteiger partial charge in [0.05, 0.1) is 28.9 Å². The highest BCUT2D eigenvalue weighted by Gasteiger charge is 2.29. The Morgan fingerprint density at radius 3 is 2.62 bits per heavy atom. The van der Waals surface area contributed by atoms with E-state index in [0.717, 1.165) is 44.0 Å². The van der Waals surface area contributed by atoms with Crippen molar-refractivity contribution in [2.45, 2.75) is 42.9 Å². The lowest BCUT2D eigenvalue weighted by molar-refractivity contribution is -0.116. The first kappa shape index (κ1) is 22.7. The molecular formula is C22H26ClN5O3S. The van der Waals surface area contributed by atoms with Crippen LogP contribution in [0.4, 0.5) is 5.82 Å². The standard InChI is InChI=1S/C22H26ClN5O3S/c1-32(30,31)19-7-6-15(10-17(19)23)16(14-4-2-3-5-14)11-21(29)28-20-13-26-18(12-27-20)22-24-8-9-25-22/h6-7,10,12-14,16H,2-5,8-9,11H2,1H3,(H,24,25)(H,27,28,29)/t16-/m1/s1. The summed E-state index contributed by atoms with van der Waals surface area (Å²) in [7, 11) is -3.41. The summed E-state index contributed by atoms with van der Waals surface area (Å²) in [5, 5.41) is 6.16. The van der Waals surface area contributed by atoms with Crippen molar-refractivity contribution in [2.75, 3.05) is 24.7 Å². The molecule has 1 atom stereocenters. The van der Waals surface area contributed by atoms with Crippen molar-refractivity contribution >= 4 is 39.0 Å². The normalized spacial score (nSPS) is 17.6. The van der Waals surface area contributed by atoms with E-state index in [-0.39, 0.29) is 28.2 Å². The van der Waals surface area contributed by atoms with Crippen LogP contribution in [0.15, 0.2) is 40.5 Å². The molecule has 2 heterocycles. The summed E-state index contributed by atoms with van der Waals surface area (Å²) in [6, 6.07) is 5.01. The lowest BCUT2D eigenvalue weighted by Crippen LogP contribution is -2.22. The average Bonchev–Trinajstić information content (AvgIpc) is 3.46. The predicted molar refractivity (Wildman–Crippen MR) is 124 cm³/mol. The van der Waals surface area contributed by atoms with E-state index in [1.54, 1.807) is 18.3 Å². The Morgan fingerprint density at radius 2 is 2.03 bits per heavy atom. The van der Waals surface area contributed by atoms with E-state index in [2.05, 4.69) is 25.6 Å². The molecule has 1 aromatic carbocycles. The maximum atomic E-state index is 12.9. The van der Waals surface area contributed by atoms with Crippen LogP contribution < -0.4 is 10.6 Å². The number of carbonyl (C=O) groups is 1. The van der Waals surface area contributed by atoms with E-state index in [1.807, 2.05) is 0 Å². The number of carbonyl (C=O) groups excluding carboxylic acids is 1. The van der Waals surface area contributed by atoms with Crippen molar-refractivity contribution in [2.24, 2.45) is 10.9 Å². The molecular weight excluding hydrogens is 450 g/mol. The fourth-order valence-electron chi connectivity index (χ4n) is 4.44. The van der Waals surface area contributed by atoms with Crippen molar-refractivity contribution in [1.82, 2.24) is 15.3 Å². The SMILES string of the molecule is CS(=O)(=O)c1ccc([C@H](CC(=O)Nc2cnc(C3=NCCN3)cn2)C2CCCC2)cc1Cl. The largest absolute Gasteiger partial charge is 0.367 e. The van der Waals surface area contributed by atoms with Crippen LogP contribution >= 0.6 is 11.6 Å². The maximum absolute atomic E-state index is 12.9. The molecule has 1 amide bonds. The van der Waals surface area contributed by atoms with Crippen molar-refractivity contribution < 1.29 is 13.2 Å². The number of benzene rings is 1. The quantitative estimate of drug-likeness (QED) is 0.635. The van der Waals surface area contributed by atoms with Crippen LogP contribution in [0.2, 0.25) is 5.02 Å². The van der Waals surface area contributed by atoms with Gasteiger partial charge in [0.2, 0.25) is 5.91 Å². The number of sulfone groups is 1. The molecule has 1 saturated carbocycles. The summed E-state index contributed by atoms with van der Waals surface area (Å²) in [6.07, 6.45) is 8.84. The monoisotopic (exact) mass is 475 g/mol. The van der Waals surface area contributed by atoms with Gasteiger partial charge < -0.3 is 10.6 Å². The lowest BCUT2D eigenvalue weighted by atomic mass is 9.82. The zero-order valence-corrected chi connectivity index (χ0v) is 19.4. The molecule has 2 N–H and O–H groups in total. The fraction of sp³-hybridized carbons (Fsp3) is 0.455. The number of rotatable bonds is 7. The first-order valence-corrected chi connectivity index (χ1v) is 13.0. The second kappa shape index (κ2) is 9.54. The minimum absolute atomic E-state index is 0.0483. The summed E-state index contributed by atoms with van der Waals surface area (Å²) in [5.41, 5.74) is 1.53. The van der Waals surface area contributed by atoms with Gasteiger partial charge in [0.15, 0.2) is 15.7 Å². The van der Waals surface area contributed by atoms with Crippen LogP contribution in [-0.4, -0.2) is 49.5 Å². The van der Waals surface area contributed by atoms with Crippen molar-refractivity contribution in [3.8, 4) is 0 Å². The fourth-order valence-corrected chi connectivity index (χ4v) is 5.78. The maximum Gasteiger partial charge on any atom is 0.226 e. The molecule has 8 nitrogen and oxygen atoms in total. The molecule has 1 fully saturated rings. The molecule has 0 radical (unpaired) electrons. The summed E-state index contributed by atoms with van der Waals surface area (Å²) < 4.78 is 23.8. The number of hydrogen-bond donors (Lipinski definition) is 2. The average molecular weight is 476 g/mol. The third-order valence-electron chi connectivity index (χ3n) is 5.99. The van der Waals surface area contributed by atoms with Gasteiger partial charge in [-0.1, -0.05) is 30.5 Å². The second-order valence-electron chi connectivity index (χ2n) is 8.31. The summed E-state index contributed by atoms with van der Waals surface area (Å²) >= 11 is 6.29. The van der Waals surface area contributed by atoms with E-state index in [0.29, 0.717) is 29.8 Å².